The Kier molecular flexibility index (Phi) is 4.06. The first-order valence-electron chi connectivity index (χ1n) is 9.15. The third kappa shape index (κ3) is 2.94. The predicted molar refractivity (Wildman–Crippen MR) is 102 cm³/mol. The number of rotatable bonds is 0. The zero-order valence-electron chi connectivity index (χ0n) is 15.2. The average molecular weight is 362 g/mol. The highest BCUT2D eigenvalue weighted by Crippen LogP contribution is 2.52. The summed E-state index contributed by atoms with van der Waals surface area (Å²) >= 11 is 1.88. The standard InChI is InChI=1S/C19H27N3O2S/c1-19(2,3)24-18(23)21-9-7-15-13(11-21)12-5-6-14(20)17-16(12)22(15)8-4-10-25-17/h5-6,13,15H,4,7-11,20H2,1-3H3/t13-,15-/m0/s1. The van der Waals surface area contributed by atoms with E-state index in [9.17, 15) is 4.79 Å². The summed E-state index contributed by atoms with van der Waals surface area (Å²) in [5.74, 6) is 1.48. The van der Waals surface area contributed by atoms with Gasteiger partial charge in [0.15, 0.2) is 0 Å². The fourth-order valence-corrected chi connectivity index (χ4v) is 5.40. The quantitative estimate of drug-likeness (QED) is 0.715. The van der Waals surface area contributed by atoms with Crippen LogP contribution < -0.4 is 10.6 Å². The van der Waals surface area contributed by atoms with Crippen LogP contribution in [0.2, 0.25) is 0 Å². The van der Waals surface area contributed by atoms with Gasteiger partial charge >= 0.3 is 6.09 Å². The van der Waals surface area contributed by atoms with Crippen molar-refractivity contribution in [1.82, 2.24) is 4.90 Å². The van der Waals surface area contributed by atoms with Crippen molar-refractivity contribution < 1.29 is 9.53 Å². The molecule has 2 N–H and O–H groups in total. The van der Waals surface area contributed by atoms with Gasteiger partial charge in [-0.1, -0.05) is 6.07 Å². The van der Waals surface area contributed by atoms with Gasteiger partial charge in [-0.25, -0.2) is 4.79 Å². The van der Waals surface area contributed by atoms with Gasteiger partial charge in [0, 0.05) is 37.3 Å². The topological polar surface area (TPSA) is 58.8 Å². The number of amides is 1. The second-order valence-corrected chi connectivity index (χ2v) is 9.31. The van der Waals surface area contributed by atoms with E-state index in [1.807, 2.05) is 43.5 Å². The summed E-state index contributed by atoms with van der Waals surface area (Å²) < 4.78 is 5.59. The molecule has 1 amide bonds. The number of carbonyl (C=O) groups is 1. The van der Waals surface area contributed by atoms with Gasteiger partial charge in [0.25, 0.3) is 0 Å². The van der Waals surface area contributed by atoms with Gasteiger partial charge in [0.1, 0.15) is 5.60 Å². The lowest BCUT2D eigenvalue weighted by Gasteiger charge is -2.39. The number of nitrogens with zero attached hydrogens (tertiary/aromatic N) is 2. The van der Waals surface area contributed by atoms with Crippen LogP contribution in [0.1, 0.15) is 45.1 Å². The number of likely N-dealkylation sites (tertiary alicyclic amines) is 1. The smallest absolute Gasteiger partial charge is 0.410 e. The first-order valence-corrected chi connectivity index (χ1v) is 10.1. The van der Waals surface area contributed by atoms with Crippen LogP contribution >= 0.6 is 11.8 Å². The van der Waals surface area contributed by atoms with Crippen LogP contribution in [0.5, 0.6) is 0 Å². The molecule has 1 saturated heterocycles. The zero-order chi connectivity index (χ0) is 17.8. The molecular weight excluding hydrogens is 334 g/mol. The van der Waals surface area contributed by atoms with Gasteiger partial charge in [-0.2, -0.15) is 0 Å². The van der Waals surface area contributed by atoms with Crippen molar-refractivity contribution in [2.45, 2.75) is 56.1 Å². The molecule has 0 aliphatic carbocycles. The summed E-state index contributed by atoms with van der Waals surface area (Å²) in [6.45, 7) is 8.34. The summed E-state index contributed by atoms with van der Waals surface area (Å²) in [6.07, 6.45) is 1.97. The Labute approximate surface area is 153 Å². The number of hydrogen-bond acceptors (Lipinski definition) is 5. The number of piperidine rings is 1. The summed E-state index contributed by atoms with van der Waals surface area (Å²) in [5.41, 5.74) is 9.40. The van der Waals surface area contributed by atoms with E-state index in [-0.39, 0.29) is 6.09 Å². The summed E-state index contributed by atoms with van der Waals surface area (Å²) in [5, 5.41) is 0. The molecule has 0 spiro atoms. The number of benzene rings is 1. The maximum atomic E-state index is 12.5. The molecule has 0 bridgehead atoms. The molecule has 5 nitrogen and oxygen atoms in total. The Balaban J connectivity index is 1.63. The fourth-order valence-electron chi connectivity index (χ4n) is 4.31. The number of carbonyl (C=O) groups excluding carboxylic acids is 1. The monoisotopic (exact) mass is 361 g/mol. The molecule has 0 saturated carbocycles. The molecule has 25 heavy (non-hydrogen) atoms. The minimum atomic E-state index is -0.452. The fraction of sp³-hybridized carbons (Fsp3) is 0.632. The van der Waals surface area contributed by atoms with Gasteiger partial charge in [0.2, 0.25) is 0 Å². The highest BCUT2D eigenvalue weighted by molar-refractivity contribution is 7.99. The Morgan fingerprint density at radius 1 is 1.32 bits per heavy atom. The lowest BCUT2D eigenvalue weighted by molar-refractivity contribution is 0.0189. The van der Waals surface area contributed by atoms with Crippen LogP contribution in [0.25, 0.3) is 0 Å². The third-order valence-corrected chi connectivity index (χ3v) is 6.51. The molecule has 136 valence electrons. The molecule has 4 rings (SSSR count). The first kappa shape index (κ1) is 16.9. The Morgan fingerprint density at radius 3 is 2.88 bits per heavy atom. The molecular formula is C19H27N3O2S. The normalized spacial score (nSPS) is 25.2. The molecule has 1 aromatic carbocycles. The van der Waals surface area contributed by atoms with Crippen molar-refractivity contribution in [2.24, 2.45) is 0 Å². The minimum absolute atomic E-state index is 0.192. The summed E-state index contributed by atoms with van der Waals surface area (Å²) in [7, 11) is 0. The van der Waals surface area contributed by atoms with E-state index in [0.29, 0.717) is 12.0 Å². The molecule has 1 fully saturated rings. The van der Waals surface area contributed by atoms with E-state index < -0.39 is 5.60 Å². The van der Waals surface area contributed by atoms with Gasteiger partial charge in [-0.3, -0.25) is 0 Å². The highest BCUT2D eigenvalue weighted by Gasteiger charge is 2.45. The van der Waals surface area contributed by atoms with Crippen LogP contribution in [0.3, 0.4) is 0 Å². The van der Waals surface area contributed by atoms with E-state index in [0.717, 1.165) is 37.5 Å². The molecule has 0 aromatic heterocycles. The lowest BCUT2D eigenvalue weighted by Crippen LogP contribution is -2.49. The summed E-state index contributed by atoms with van der Waals surface area (Å²) in [6, 6.07) is 4.70. The van der Waals surface area contributed by atoms with Gasteiger partial charge in [-0.15, -0.1) is 11.8 Å². The van der Waals surface area contributed by atoms with Crippen LogP contribution in [0.4, 0.5) is 16.2 Å². The first-order chi connectivity index (χ1) is 11.8. The SMILES string of the molecule is CC(C)(C)OC(=O)N1CC[C@H]2[C@@H](C1)c1ccc(N)c3c1N2CCCS3. The van der Waals surface area contributed by atoms with E-state index in [1.54, 1.807) is 0 Å². The molecule has 6 heteroatoms. The van der Waals surface area contributed by atoms with E-state index in [1.165, 1.54) is 22.6 Å². The Hall–Kier alpha value is -1.56. The number of nitrogen functional groups attached to an aromatic ring is 1. The largest absolute Gasteiger partial charge is 0.444 e. The molecule has 0 radical (unpaired) electrons. The predicted octanol–water partition coefficient (Wildman–Crippen LogP) is 3.68. The maximum absolute atomic E-state index is 12.5. The number of hydrogen-bond donors (Lipinski definition) is 1. The van der Waals surface area contributed by atoms with Crippen LogP contribution in [0.15, 0.2) is 17.0 Å². The Morgan fingerprint density at radius 2 is 2.12 bits per heavy atom. The van der Waals surface area contributed by atoms with Crippen molar-refractivity contribution in [1.29, 1.82) is 0 Å². The molecule has 1 aromatic rings. The molecule has 2 atom stereocenters. The second-order valence-electron chi connectivity index (χ2n) is 8.21. The van der Waals surface area contributed by atoms with Crippen molar-refractivity contribution in [3.8, 4) is 0 Å². The minimum Gasteiger partial charge on any atom is -0.444 e. The average Bonchev–Trinajstić information content (AvgIpc) is 2.69. The van der Waals surface area contributed by atoms with Gasteiger partial charge in [-0.05, 0) is 51.0 Å². The van der Waals surface area contributed by atoms with Crippen molar-refractivity contribution in [3.63, 3.8) is 0 Å². The molecule has 3 heterocycles. The lowest BCUT2D eigenvalue weighted by atomic mass is 9.89. The summed E-state index contributed by atoms with van der Waals surface area (Å²) in [4.78, 5) is 18.2. The van der Waals surface area contributed by atoms with Crippen LogP contribution in [-0.2, 0) is 4.74 Å². The van der Waals surface area contributed by atoms with E-state index in [4.69, 9.17) is 10.5 Å². The highest BCUT2D eigenvalue weighted by atomic mass is 32.2. The van der Waals surface area contributed by atoms with Crippen LogP contribution in [0, 0.1) is 0 Å². The van der Waals surface area contributed by atoms with Gasteiger partial charge < -0.3 is 20.3 Å². The number of thioether (sulfide) groups is 1. The molecule has 3 aliphatic heterocycles. The van der Waals surface area contributed by atoms with Gasteiger partial charge in [0.05, 0.1) is 10.6 Å². The maximum Gasteiger partial charge on any atom is 0.410 e. The Bertz CT molecular complexity index is 701. The van der Waals surface area contributed by atoms with Crippen molar-refractivity contribution >= 4 is 29.2 Å². The van der Waals surface area contributed by atoms with E-state index in [2.05, 4.69) is 11.0 Å². The van der Waals surface area contributed by atoms with E-state index >= 15 is 0 Å². The number of nitrogens with two attached hydrogens (primary N) is 1. The third-order valence-electron chi connectivity index (χ3n) is 5.30. The van der Waals surface area contributed by atoms with Crippen LogP contribution in [-0.4, -0.2) is 48.0 Å². The number of ether oxygens (including phenoxy) is 1. The molecule has 0 unspecified atom stereocenters. The number of fused-ring (bicyclic) bond motifs is 3. The van der Waals surface area contributed by atoms with Crippen molar-refractivity contribution in [2.75, 3.05) is 36.0 Å². The zero-order valence-corrected chi connectivity index (χ0v) is 16.1. The van der Waals surface area contributed by atoms with Crippen molar-refractivity contribution in [3.05, 3.63) is 17.7 Å². The second kappa shape index (κ2) is 6.01. The molecule has 3 aliphatic rings. The number of anilines is 2.